The Labute approximate surface area is 123 Å². The molecule has 0 N–H and O–H groups in total. The first-order chi connectivity index (χ1) is 7.45. The predicted octanol–water partition coefficient (Wildman–Crippen LogP) is 6.39. The number of allylic oxidation sites excluding steroid dienone is 1. The average Bonchev–Trinajstić information content (AvgIpc) is 2.27. The molecule has 0 saturated heterocycles. The van der Waals surface area contributed by atoms with Gasteiger partial charge in [0.15, 0.2) is 0 Å². The zero-order valence-corrected chi connectivity index (χ0v) is 12.2. The molecule has 0 amide bonds. The molecule has 0 fully saturated rings. The van der Waals surface area contributed by atoms with Crippen molar-refractivity contribution in [1.82, 2.24) is 0 Å². The van der Waals surface area contributed by atoms with Crippen LogP contribution in [0.3, 0.4) is 0 Å². The van der Waals surface area contributed by atoms with Crippen molar-refractivity contribution in [3.05, 3.63) is 36.2 Å². The van der Waals surface area contributed by atoms with Crippen LogP contribution in [-0.4, -0.2) is 0 Å². The summed E-state index contributed by atoms with van der Waals surface area (Å²) in [5.74, 6) is 0. The van der Waals surface area contributed by atoms with E-state index in [1.165, 1.54) is 0 Å². The van der Waals surface area contributed by atoms with Crippen LogP contribution >= 0.6 is 69.6 Å². The zero-order valence-electron chi connectivity index (χ0n) is 7.68. The number of fused-ring (bicyclic) bond motifs is 1. The molecule has 0 nitrogen and oxygen atoms in total. The lowest BCUT2D eigenvalue weighted by atomic mass is 9.97. The van der Waals surface area contributed by atoms with Crippen LogP contribution in [0.2, 0.25) is 20.1 Å². The van der Waals surface area contributed by atoms with E-state index >= 15 is 0 Å². The molecule has 0 spiro atoms. The summed E-state index contributed by atoms with van der Waals surface area (Å²) in [6.07, 6.45) is 1.28. The van der Waals surface area contributed by atoms with Gasteiger partial charge < -0.3 is 0 Å². The van der Waals surface area contributed by atoms with Gasteiger partial charge in [0.2, 0.25) is 0 Å². The Morgan fingerprint density at radius 2 is 1.19 bits per heavy atom. The van der Waals surface area contributed by atoms with Crippen molar-refractivity contribution >= 4 is 74.6 Å². The second kappa shape index (κ2) is 4.76. The van der Waals surface area contributed by atoms with E-state index in [1.807, 2.05) is 0 Å². The van der Waals surface area contributed by atoms with E-state index in [4.69, 9.17) is 69.6 Å². The minimum atomic E-state index is 0.205. The number of halogens is 6. The standard InChI is InChI=1S/C10H4Cl6/c11-4-2-1-3-5(7(4)13)8(14)10(16)9(15)6(3)12/h1-2H2. The number of hydrogen-bond acceptors (Lipinski definition) is 0. The average molecular weight is 337 g/mol. The van der Waals surface area contributed by atoms with Gasteiger partial charge in [0.25, 0.3) is 0 Å². The van der Waals surface area contributed by atoms with Crippen molar-refractivity contribution in [3.63, 3.8) is 0 Å². The van der Waals surface area contributed by atoms with Gasteiger partial charge in [0.05, 0.1) is 25.1 Å². The van der Waals surface area contributed by atoms with Crippen molar-refractivity contribution in [2.24, 2.45) is 0 Å². The third-order valence-corrected chi connectivity index (χ3v) is 5.15. The molecule has 0 unspecified atom stereocenters. The summed E-state index contributed by atoms with van der Waals surface area (Å²) in [5.41, 5.74) is 1.40. The van der Waals surface area contributed by atoms with E-state index in [2.05, 4.69) is 0 Å². The molecule has 0 aromatic heterocycles. The quantitative estimate of drug-likeness (QED) is 0.380. The molecule has 0 bridgehead atoms. The van der Waals surface area contributed by atoms with Gasteiger partial charge in [-0.15, -0.1) is 0 Å². The Kier molecular flexibility index (Phi) is 3.91. The lowest BCUT2D eigenvalue weighted by Crippen LogP contribution is -2.02. The largest absolute Gasteiger partial charge is 0.0875 e. The van der Waals surface area contributed by atoms with E-state index in [0.29, 0.717) is 38.5 Å². The minimum Gasteiger partial charge on any atom is -0.0875 e. The highest BCUT2D eigenvalue weighted by Gasteiger charge is 2.26. The summed E-state index contributed by atoms with van der Waals surface area (Å²) in [6.45, 7) is 0. The molecule has 6 heteroatoms. The first kappa shape index (κ1) is 13.1. The number of hydrogen-bond donors (Lipinski definition) is 0. The third-order valence-electron chi connectivity index (χ3n) is 2.42. The summed E-state index contributed by atoms with van der Waals surface area (Å²) >= 11 is 36.2. The second-order valence-corrected chi connectivity index (χ2v) is 5.67. The Balaban J connectivity index is 2.85. The van der Waals surface area contributed by atoms with Gasteiger partial charge in [-0.25, -0.2) is 0 Å². The van der Waals surface area contributed by atoms with E-state index in [0.717, 1.165) is 5.56 Å². The van der Waals surface area contributed by atoms with E-state index in [1.54, 1.807) is 0 Å². The molecule has 1 aliphatic rings. The smallest absolute Gasteiger partial charge is 0.0800 e. The third kappa shape index (κ3) is 1.94. The Bertz CT molecular complexity index is 503. The summed E-state index contributed by atoms with van der Waals surface area (Å²) in [7, 11) is 0. The van der Waals surface area contributed by atoms with Crippen LogP contribution in [0.25, 0.3) is 5.03 Å². The summed E-state index contributed by atoms with van der Waals surface area (Å²) < 4.78 is 0. The Hall–Kier alpha value is 0.700. The maximum Gasteiger partial charge on any atom is 0.0800 e. The van der Waals surface area contributed by atoms with Gasteiger partial charge in [-0.2, -0.15) is 0 Å². The fourth-order valence-electron chi connectivity index (χ4n) is 1.62. The van der Waals surface area contributed by atoms with Crippen LogP contribution in [0.15, 0.2) is 5.03 Å². The lowest BCUT2D eigenvalue weighted by molar-refractivity contribution is 0.968. The molecule has 16 heavy (non-hydrogen) atoms. The van der Waals surface area contributed by atoms with Gasteiger partial charge >= 0.3 is 0 Å². The van der Waals surface area contributed by atoms with Crippen LogP contribution < -0.4 is 0 Å². The second-order valence-electron chi connectivity index (χ2n) is 3.33. The normalized spacial score (nSPS) is 15.4. The summed E-state index contributed by atoms with van der Waals surface area (Å²) in [5, 5.41) is 2.12. The number of rotatable bonds is 0. The highest BCUT2D eigenvalue weighted by atomic mass is 35.5. The van der Waals surface area contributed by atoms with Crippen LogP contribution in [0.4, 0.5) is 0 Å². The van der Waals surface area contributed by atoms with Gasteiger partial charge in [0.1, 0.15) is 0 Å². The molecule has 86 valence electrons. The van der Waals surface area contributed by atoms with Gasteiger partial charge in [-0.3, -0.25) is 0 Å². The molecule has 2 rings (SSSR count). The van der Waals surface area contributed by atoms with Crippen molar-refractivity contribution in [2.75, 3.05) is 0 Å². The fraction of sp³-hybridized carbons (Fsp3) is 0.200. The first-order valence-electron chi connectivity index (χ1n) is 4.34. The predicted molar refractivity (Wildman–Crippen MR) is 73.4 cm³/mol. The molecule has 1 aromatic rings. The van der Waals surface area contributed by atoms with Crippen LogP contribution in [0, 0.1) is 0 Å². The van der Waals surface area contributed by atoms with Crippen molar-refractivity contribution in [2.45, 2.75) is 12.8 Å². The van der Waals surface area contributed by atoms with Crippen molar-refractivity contribution < 1.29 is 0 Å². The molecular formula is C10H4Cl6. The Morgan fingerprint density at radius 1 is 0.625 bits per heavy atom. The van der Waals surface area contributed by atoms with Crippen molar-refractivity contribution in [1.29, 1.82) is 0 Å². The SMILES string of the molecule is ClC1=C(Cl)c2c(Cl)c(Cl)c(Cl)c(Cl)c2CC1. The van der Waals surface area contributed by atoms with E-state index < -0.39 is 0 Å². The molecular weight excluding hydrogens is 333 g/mol. The maximum absolute atomic E-state index is 6.10. The van der Waals surface area contributed by atoms with Crippen LogP contribution in [-0.2, 0) is 6.42 Å². The lowest BCUT2D eigenvalue weighted by Gasteiger charge is -2.20. The minimum absolute atomic E-state index is 0.205. The van der Waals surface area contributed by atoms with Crippen LogP contribution in [0.1, 0.15) is 17.5 Å². The fourth-order valence-corrected chi connectivity index (χ4v) is 3.24. The molecule has 0 heterocycles. The van der Waals surface area contributed by atoms with E-state index in [-0.39, 0.29) is 10.0 Å². The number of benzene rings is 1. The topological polar surface area (TPSA) is 0 Å². The van der Waals surface area contributed by atoms with Crippen LogP contribution in [0.5, 0.6) is 0 Å². The monoisotopic (exact) mass is 334 g/mol. The van der Waals surface area contributed by atoms with Crippen molar-refractivity contribution in [3.8, 4) is 0 Å². The zero-order chi connectivity index (χ0) is 12.0. The maximum atomic E-state index is 6.10. The highest BCUT2D eigenvalue weighted by molar-refractivity contribution is 6.58. The summed E-state index contributed by atoms with van der Waals surface area (Å²) in [6, 6.07) is 0. The molecule has 0 aliphatic heterocycles. The van der Waals surface area contributed by atoms with Gasteiger partial charge in [-0.1, -0.05) is 69.6 Å². The molecule has 0 radical (unpaired) electrons. The first-order valence-corrected chi connectivity index (χ1v) is 6.61. The highest BCUT2D eigenvalue weighted by Crippen LogP contribution is 2.48. The molecule has 1 aliphatic carbocycles. The summed E-state index contributed by atoms with van der Waals surface area (Å²) in [4.78, 5) is 0. The molecule has 0 atom stereocenters. The van der Waals surface area contributed by atoms with Gasteiger partial charge in [0, 0.05) is 10.6 Å². The van der Waals surface area contributed by atoms with E-state index in [9.17, 15) is 0 Å². The van der Waals surface area contributed by atoms with Gasteiger partial charge in [-0.05, 0) is 18.4 Å². The molecule has 1 aromatic carbocycles. The Morgan fingerprint density at radius 3 is 1.81 bits per heavy atom. The molecule has 0 saturated carbocycles.